The number of rotatable bonds is 4. The molecule has 90 valence electrons. The van der Waals surface area contributed by atoms with Gasteiger partial charge in [-0.15, -0.1) is 0 Å². The lowest BCUT2D eigenvalue weighted by Crippen LogP contribution is -2.47. The van der Waals surface area contributed by atoms with Crippen molar-refractivity contribution in [3.63, 3.8) is 0 Å². The van der Waals surface area contributed by atoms with Crippen LogP contribution < -0.4 is 5.73 Å². The van der Waals surface area contributed by atoms with Crippen molar-refractivity contribution < 1.29 is 9.59 Å². The van der Waals surface area contributed by atoms with E-state index in [2.05, 4.69) is 0 Å². The van der Waals surface area contributed by atoms with Crippen LogP contribution in [0, 0.1) is 5.41 Å². The number of carbonyl (C=O) groups excluding carboxylic acids is 2. The first-order valence-corrected chi connectivity index (χ1v) is 5.81. The second kappa shape index (κ2) is 3.69. The van der Waals surface area contributed by atoms with Crippen LogP contribution in [0.2, 0.25) is 0 Å². The molecule has 0 heterocycles. The van der Waals surface area contributed by atoms with Gasteiger partial charge in [0.05, 0.1) is 10.8 Å². The molecule has 0 spiro atoms. The summed E-state index contributed by atoms with van der Waals surface area (Å²) in [6, 6.07) is 9.45. The van der Waals surface area contributed by atoms with E-state index < -0.39 is 10.8 Å². The number of primary amides is 1. The Labute approximate surface area is 101 Å². The molecule has 1 aliphatic carbocycles. The molecule has 1 amide bonds. The van der Waals surface area contributed by atoms with E-state index in [4.69, 9.17) is 5.73 Å². The smallest absolute Gasteiger partial charge is 0.224 e. The maximum Gasteiger partial charge on any atom is 0.224 e. The summed E-state index contributed by atoms with van der Waals surface area (Å²) in [7, 11) is 0. The molecule has 1 unspecified atom stereocenters. The van der Waals surface area contributed by atoms with E-state index in [0.29, 0.717) is 12.8 Å². The van der Waals surface area contributed by atoms with Gasteiger partial charge in [-0.05, 0) is 32.3 Å². The van der Waals surface area contributed by atoms with Gasteiger partial charge in [-0.1, -0.05) is 30.3 Å². The third-order valence-corrected chi connectivity index (χ3v) is 4.23. The Balaban J connectivity index is 2.56. The van der Waals surface area contributed by atoms with Crippen LogP contribution in [0.15, 0.2) is 30.3 Å². The summed E-state index contributed by atoms with van der Waals surface area (Å²) < 4.78 is 0. The van der Waals surface area contributed by atoms with Crippen LogP contribution in [0.3, 0.4) is 0 Å². The molecule has 2 rings (SSSR count). The molecule has 0 bridgehead atoms. The molecule has 17 heavy (non-hydrogen) atoms. The lowest BCUT2D eigenvalue weighted by atomic mass is 9.66. The van der Waals surface area contributed by atoms with Crippen LogP contribution in [-0.2, 0) is 15.0 Å². The van der Waals surface area contributed by atoms with Crippen LogP contribution in [0.4, 0.5) is 0 Å². The number of nitrogens with two attached hydrogens (primary N) is 1. The zero-order valence-corrected chi connectivity index (χ0v) is 10.2. The molecule has 1 aromatic rings. The Morgan fingerprint density at radius 1 is 1.24 bits per heavy atom. The monoisotopic (exact) mass is 231 g/mol. The molecule has 1 aliphatic rings. The average Bonchev–Trinajstić information content (AvgIpc) is 3.10. The second-order valence-corrected chi connectivity index (χ2v) is 4.99. The van der Waals surface area contributed by atoms with E-state index in [0.717, 1.165) is 5.56 Å². The maximum atomic E-state index is 12.0. The van der Waals surface area contributed by atoms with Gasteiger partial charge in [-0.2, -0.15) is 0 Å². The molecule has 0 saturated heterocycles. The van der Waals surface area contributed by atoms with Gasteiger partial charge in [0.25, 0.3) is 0 Å². The van der Waals surface area contributed by atoms with Crippen molar-refractivity contribution in [2.75, 3.05) is 0 Å². The molecule has 0 aliphatic heterocycles. The molecule has 3 heteroatoms. The Morgan fingerprint density at radius 2 is 1.76 bits per heavy atom. The number of hydrogen-bond acceptors (Lipinski definition) is 2. The van der Waals surface area contributed by atoms with Crippen LogP contribution >= 0.6 is 0 Å². The number of carbonyl (C=O) groups is 2. The van der Waals surface area contributed by atoms with E-state index >= 15 is 0 Å². The standard InChI is InChI=1S/C14H17NO2/c1-10(16)13(2,11-6-4-3-5-7-11)14(8-9-14)12(15)17/h3-7H,8-9H2,1-2H3,(H2,15,17). The van der Waals surface area contributed by atoms with Gasteiger partial charge in [0.2, 0.25) is 5.91 Å². The highest BCUT2D eigenvalue weighted by Crippen LogP contribution is 2.59. The first kappa shape index (κ1) is 11.8. The predicted octanol–water partition coefficient (Wildman–Crippen LogP) is 1.80. The lowest BCUT2D eigenvalue weighted by Gasteiger charge is -2.34. The summed E-state index contributed by atoms with van der Waals surface area (Å²) in [4.78, 5) is 23.7. The third-order valence-electron chi connectivity index (χ3n) is 4.23. The number of hydrogen-bond donors (Lipinski definition) is 1. The second-order valence-electron chi connectivity index (χ2n) is 4.99. The molecule has 1 saturated carbocycles. The molecule has 0 aromatic heterocycles. The van der Waals surface area contributed by atoms with Crippen molar-refractivity contribution in [1.82, 2.24) is 0 Å². The van der Waals surface area contributed by atoms with Crippen LogP contribution in [0.1, 0.15) is 32.3 Å². The third kappa shape index (κ3) is 1.49. The van der Waals surface area contributed by atoms with Crippen LogP contribution in [-0.4, -0.2) is 11.7 Å². The Hall–Kier alpha value is -1.64. The van der Waals surface area contributed by atoms with E-state index in [-0.39, 0.29) is 11.7 Å². The molecular weight excluding hydrogens is 214 g/mol. The summed E-state index contributed by atoms with van der Waals surface area (Å²) >= 11 is 0. The van der Waals surface area contributed by atoms with E-state index in [1.54, 1.807) is 0 Å². The van der Waals surface area contributed by atoms with Gasteiger partial charge < -0.3 is 5.73 Å². The maximum absolute atomic E-state index is 12.0. The minimum atomic E-state index is -0.792. The fourth-order valence-electron chi connectivity index (χ4n) is 2.71. The highest BCUT2D eigenvalue weighted by Gasteiger charge is 2.63. The average molecular weight is 231 g/mol. The molecule has 0 radical (unpaired) electrons. The van der Waals surface area contributed by atoms with Crippen LogP contribution in [0.25, 0.3) is 0 Å². The highest BCUT2D eigenvalue weighted by molar-refractivity contribution is 5.98. The van der Waals surface area contributed by atoms with E-state index in [1.165, 1.54) is 6.92 Å². The Morgan fingerprint density at radius 3 is 2.12 bits per heavy atom. The number of benzene rings is 1. The van der Waals surface area contributed by atoms with Crippen molar-refractivity contribution in [2.45, 2.75) is 32.1 Å². The van der Waals surface area contributed by atoms with Crippen molar-refractivity contribution in [1.29, 1.82) is 0 Å². The molecule has 1 fully saturated rings. The Kier molecular flexibility index (Phi) is 2.57. The van der Waals surface area contributed by atoms with Gasteiger partial charge in [0.15, 0.2) is 0 Å². The summed E-state index contributed by atoms with van der Waals surface area (Å²) in [5.74, 6) is -0.362. The van der Waals surface area contributed by atoms with Crippen LogP contribution in [0.5, 0.6) is 0 Å². The van der Waals surface area contributed by atoms with Crippen molar-refractivity contribution >= 4 is 11.7 Å². The van der Waals surface area contributed by atoms with Gasteiger partial charge in [0, 0.05) is 0 Å². The zero-order valence-electron chi connectivity index (χ0n) is 10.2. The Bertz CT molecular complexity index is 462. The van der Waals surface area contributed by atoms with Gasteiger partial charge in [0.1, 0.15) is 5.78 Å². The summed E-state index contributed by atoms with van der Waals surface area (Å²) in [5, 5.41) is 0. The molecule has 2 N–H and O–H groups in total. The summed E-state index contributed by atoms with van der Waals surface area (Å²) in [5.41, 5.74) is 4.91. The predicted molar refractivity (Wildman–Crippen MR) is 65.3 cm³/mol. The lowest BCUT2D eigenvalue weighted by molar-refractivity contribution is -0.134. The first-order valence-electron chi connectivity index (χ1n) is 5.81. The van der Waals surface area contributed by atoms with Gasteiger partial charge in [-0.25, -0.2) is 0 Å². The molecule has 1 atom stereocenters. The fourth-order valence-corrected chi connectivity index (χ4v) is 2.71. The largest absolute Gasteiger partial charge is 0.369 e. The van der Waals surface area contributed by atoms with Gasteiger partial charge >= 0.3 is 0 Å². The van der Waals surface area contributed by atoms with Gasteiger partial charge in [-0.3, -0.25) is 9.59 Å². The van der Waals surface area contributed by atoms with Crippen molar-refractivity contribution in [3.05, 3.63) is 35.9 Å². The quantitative estimate of drug-likeness (QED) is 0.858. The number of Topliss-reactive ketones (excluding diaryl/α,β-unsaturated/α-hetero) is 1. The number of amides is 1. The number of ketones is 1. The molecule has 1 aromatic carbocycles. The minimum absolute atomic E-state index is 0.000000000000000444. The molecule has 3 nitrogen and oxygen atoms in total. The van der Waals surface area contributed by atoms with Crippen molar-refractivity contribution in [3.8, 4) is 0 Å². The first-order chi connectivity index (χ1) is 7.95. The zero-order chi connectivity index (χ0) is 12.7. The van der Waals surface area contributed by atoms with Crippen molar-refractivity contribution in [2.24, 2.45) is 11.1 Å². The normalized spacial score (nSPS) is 20.4. The molecular formula is C14H17NO2. The van der Waals surface area contributed by atoms with E-state index in [9.17, 15) is 9.59 Å². The minimum Gasteiger partial charge on any atom is -0.369 e. The SMILES string of the molecule is CC(=O)C(C)(c1ccccc1)C1(C(N)=O)CC1. The topological polar surface area (TPSA) is 60.2 Å². The highest BCUT2D eigenvalue weighted by atomic mass is 16.2. The van der Waals surface area contributed by atoms with E-state index in [1.807, 2.05) is 37.3 Å². The fraction of sp³-hybridized carbons (Fsp3) is 0.429. The summed E-state index contributed by atoms with van der Waals surface area (Å²) in [6.45, 7) is 3.37. The summed E-state index contributed by atoms with van der Waals surface area (Å²) in [6.07, 6.45) is 1.40.